The number of hydrogen-bond donors (Lipinski definition) is 1. The quantitative estimate of drug-likeness (QED) is 0.397. The first kappa shape index (κ1) is 14.0. The van der Waals surface area contributed by atoms with Crippen LogP contribution in [0, 0.1) is 5.41 Å². The van der Waals surface area contributed by atoms with Crippen molar-refractivity contribution in [2.24, 2.45) is 0 Å². The lowest BCUT2D eigenvalue weighted by Gasteiger charge is -2.20. The highest BCUT2D eigenvalue weighted by atomic mass is 35.5. The zero-order valence-electron chi connectivity index (χ0n) is 9.24. The van der Waals surface area contributed by atoms with Gasteiger partial charge in [-0.3, -0.25) is 15.0 Å². The van der Waals surface area contributed by atoms with Crippen LogP contribution in [0.3, 0.4) is 0 Å². The smallest absolute Gasteiger partial charge is 0.267 e. The van der Waals surface area contributed by atoms with Gasteiger partial charge in [0.05, 0.1) is 6.61 Å². The molecule has 6 heteroatoms. The van der Waals surface area contributed by atoms with Gasteiger partial charge < -0.3 is 0 Å². The van der Waals surface area contributed by atoms with E-state index in [2.05, 4.69) is 0 Å². The Bertz CT molecular complexity index is 406. The van der Waals surface area contributed by atoms with Gasteiger partial charge in [0.1, 0.15) is 5.88 Å². The largest absolute Gasteiger partial charge is 0.282 e. The summed E-state index contributed by atoms with van der Waals surface area (Å²) >= 11 is 11.2. The minimum atomic E-state index is -0.478. The van der Waals surface area contributed by atoms with E-state index in [1.54, 1.807) is 31.2 Å². The summed E-state index contributed by atoms with van der Waals surface area (Å²) in [5.74, 6) is -0.779. The van der Waals surface area contributed by atoms with Crippen molar-refractivity contribution in [2.45, 2.75) is 6.92 Å². The molecule has 92 valence electrons. The van der Waals surface area contributed by atoms with E-state index >= 15 is 0 Å². The molecule has 0 saturated carbocycles. The van der Waals surface area contributed by atoms with Crippen molar-refractivity contribution in [3.63, 3.8) is 0 Å². The van der Waals surface area contributed by atoms with E-state index < -0.39 is 5.91 Å². The molecular weight excluding hydrogens is 263 g/mol. The van der Waals surface area contributed by atoms with Crippen LogP contribution in [0.4, 0.5) is 0 Å². The first-order valence-corrected chi connectivity index (χ1v) is 5.87. The number of hydrogen-bond acceptors (Lipinski definition) is 3. The van der Waals surface area contributed by atoms with Crippen molar-refractivity contribution >= 4 is 34.9 Å². The van der Waals surface area contributed by atoms with Gasteiger partial charge in [0, 0.05) is 10.6 Å². The summed E-state index contributed by atoms with van der Waals surface area (Å²) in [6, 6.07) is 6.55. The molecule has 1 aromatic rings. The third-order valence-electron chi connectivity index (χ3n) is 1.92. The summed E-state index contributed by atoms with van der Waals surface area (Å²) in [5, 5.41) is 9.32. The monoisotopic (exact) mass is 274 g/mol. The molecule has 0 radical (unpaired) electrons. The van der Waals surface area contributed by atoms with Crippen LogP contribution >= 0.6 is 23.2 Å². The molecule has 17 heavy (non-hydrogen) atoms. The molecule has 0 bridgehead atoms. The Morgan fingerprint density at radius 2 is 2.00 bits per heavy atom. The van der Waals surface area contributed by atoms with Crippen LogP contribution < -0.4 is 0 Å². The molecule has 0 aromatic heterocycles. The van der Waals surface area contributed by atoms with Gasteiger partial charge in [-0.1, -0.05) is 11.6 Å². The number of amides is 1. The lowest BCUT2D eigenvalue weighted by molar-refractivity contribution is -0.159. The van der Waals surface area contributed by atoms with Gasteiger partial charge in [-0.25, -0.2) is 0 Å². The zero-order valence-corrected chi connectivity index (χ0v) is 10.8. The number of amidine groups is 1. The molecule has 1 amide bonds. The van der Waals surface area contributed by atoms with E-state index in [-0.39, 0.29) is 18.3 Å². The first-order chi connectivity index (χ1) is 8.10. The molecule has 0 aliphatic heterocycles. The number of carbonyl (C=O) groups excluding carboxylic acids is 1. The summed E-state index contributed by atoms with van der Waals surface area (Å²) in [5.41, 5.74) is 0.529. The number of halogens is 2. The predicted molar refractivity (Wildman–Crippen MR) is 67.5 cm³/mol. The van der Waals surface area contributed by atoms with Gasteiger partial charge in [-0.2, -0.15) is 5.06 Å². The Labute approximate surface area is 110 Å². The van der Waals surface area contributed by atoms with Crippen LogP contribution in [0.15, 0.2) is 24.3 Å². The Kier molecular flexibility index (Phi) is 5.41. The standard InChI is InChI=1S/C11H12Cl2N2O2/c1-2-17-15(10(16)7-12)11(14)8-3-5-9(13)6-4-8/h3-6,14H,2,7H2,1H3. The maximum absolute atomic E-state index is 11.5. The summed E-state index contributed by atoms with van der Waals surface area (Å²) in [6.07, 6.45) is 0. The van der Waals surface area contributed by atoms with Crippen molar-refractivity contribution in [3.8, 4) is 0 Å². The molecule has 0 atom stereocenters. The second kappa shape index (κ2) is 6.59. The van der Waals surface area contributed by atoms with E-state index in [0.717, 1.165) is 5.06 Å². The fraction of sp³-hybridized carbons (Fsp3) is 0.273. The molecule has 0 unspecified atom stereocenters. The third kappa shape index (κ3) is 3.70. The Morgan fingerprint density at radius 1 is 1.41 bits per heavy atom. The number of nitrogens with one attached hydrogen (secondary N) is 1. The average molecular weight is 275 g/mol. The molecular formula is C11H12Cl2N2O2. The van der Waals surface area contributed by atoms with Crippen molar-refractivity contribution in [2.75, 3.05) is 12.5 Å². The van der Waals surface area contributed by atoms with E-state index in [4.69, 9.17) is 33.4 Å². The van der Waals surface area contributed by atoms with Gasteiger partial charge in [0.15, 0.2) is 5.84 Å². The number of nitrogens with zero attached hydrogens (tertiary/aromatic N) is 1. The molecule has 0 spiro atoms. The Balaban J connectivity index is 2.91. The first-order valence-electron chi connectivity index (χ1n) is 4.96. The van der Waals surface area contributed by atoms with Crippen LogP contribution in [0.2, 0.25) is 5.02 Å². The zero-order chi connectivity index (χ0) is 12.8. The molecule has 0 fully saturated rings. The van der Waals surface area contributed by atoms with Crippen LogP contribution in [-0.4, -0.2) is 29.3 Å². The van der Waals surface area contributed by atoms with Gasteiger partial charge in [-0.05, 0) is 31.2 Å². The van der Waals surface area contributed by atoms with Crippen LogP contribution in [0.5, 0.6) is 0 Å². The highest BCUT2D eigenvalue weighted by Gasteiger charge is 2.19. The van der Waals surface area contributed by atoms with Gasteiger partial charge in [0.2, 0.25) is 0 Å². The summed E-state index contributed by atoms with van der Waals surface area (Å²) in [7, 11) is 0. The molecule has 0 aliphatic rings. The highest BCUT2D eigenvalue weighted by molar-refractivity contribution is 6.31. The van der Waals surface area contributed by atoms with Gasteiger partial charge in [0.25, 0.3) is 5.91 Å². The fourth-order valence-corrected chi connectivity index (χ4v) is 1.40. The Hall–Kier alpha value is -1.10. The molecule has 1 N–H and O–H groups in total. The minimum absolute atomic E-state index is 0.0610. The van der Waals surface area contributed by atoms with Crippen LogP contribution in [0.25, 0.3) is 0 Å². The topological polar surface area (TPSA) is 53.4 Å². The molecule has 0 aliphatic carbocycles. The number of carbonyl (C=O) groups is 1. The summed E-state index contributed by atoms with van der Waals surface area (Å²) in [6.45, 7) is 2.00. The minimum Gasteiger partial charge on any atom is -0.282 e. The molecule has 4 nitrogen and oxygen atoms in total. The average Bonchev–Trinajstić information content (AvgIpc) is 2.35. The molecule has 0 saturated heterocycles. The maximum Gasteiger partial charge on any atom is 0.267 e. The van der Waals surface area contributed by atoms with Crippen molar-refractivity contribution in [3.05, 3.63) is 34.9 Å². The van der Waals surface area contributed by atoms with E-state index in [1.807, 2.05) is 0 Å². The summed E-state index contributed by atoms with van der Waals surface area (Å²) < 4.78 is 0. The van der Waals surface area contributed by atoms with E-state index in [0.29, 0.717) is 10.6 Å². The number of hydroxylamine groups is 2. The van der Waals surface area contributed by atoms with Crippen molar-refractivity contribution < 1.29 is 9.63 Å². The summed E-state index contributed by atoms with van der Waals surface area (Å²) in [4.78, 5) is 16.6. The number of benzene rings is 1. The number of alkyl halides is 1. The number of rotatable bonds is 4. The molecule has 0 heterocycles. The SMILES string of the molecule is CCON(C(=N)c1ccc(Cl)cc1)C(=O)CCl. The highest BCUT2D eigenvalue weighted by Crippen LogP contribution is 2.12. The van der Waals surface area contributed by atoms with Gasteiger partial charge in [-0.15, -0.1) is 11.6 Å². The third-order valence-corrected chi connectivity index (χ3v) is 2.40. The molecule has 1 rings (SSSR count). The lowest BCUT2D eigenvalue weighted by Crippen LogP contribution is -2.37. The Morgan fingerprint density at radius 3 is 2.47 bits per heavy atom. The predicted octanol–water partition coefficient (Wildman–Crippen LogP) is 2.68. The van der Waals surface area contributed by atoms with E-state index in [9.17, 15) is 4.79 Å². The van der Waals surface area contributed by atoms with E-state index in [1.165, 1.54) is 0 Å². The molecule has 1 aromatic carbocycles. The van der Waals surface area contributed by atoms with Gasteiger partial charge >= 0.3 is 0 Å². The van der Waals surface area contributed by atoms with Crippen molar-refractivity contribution in [1.82, 2.24) is 5.06 Å². The lowest BCUT2D eigenvalue weighted by atomic mass is 10.2. The van der Waals surface area contributed by atoms with Crippen molar-refractivity contribution in [1.29, 1.82) is 5.41 Å². The van der Waals surface area contributed by atoms with Crippen LogP contribution in [0.1, 0.15) is 12.5 Å². The normalized spacial score (nSPS) is 10.1. The second-order valence-corrected chi connectivity index (χ2v) is 3.80. The maximum atomic E-state index is 11.5. The fourth-order valence-electron chi connectivity index (χ4n) is 1.17. The second-order valence-electron chi connectivity index (χ2n) is 3.10. The van der Waals surface area contributed by atoms with Crippen LogP contribution in [-0.2, 0) is 9.63 Å².